The summed E-state index contributed by atoms with van der Waals surface area (Å²) in [5, 5.41) is 0. The van der Waals surface area contributed by atoms with Gasteiger partial charge in [-0.1, -0.05) is 121 Å². The van der Waals surface area contributed by atoms with E-state index >= 15 is 0 Å². The molecule has 1 rings (SSSR count). The van der Waals surface area contributed by atoms with Crippen LogP contribution in [0.3, 0.4) is 0 Å². The third-order valence-electron chi connectivity index (χ3n) is 6.33. The van der Waals surface area contributed by atoms with Gasteiger partial charge in [-0.2, -0.15) is 8.42 Å². The molecular formula is C28H50NaO7PS. The summed E-state index contributed by atoms with van der Waals surface area (Å²) in [6.45, 7) is 4.62. The first-order chi connectivity index (χ1) is 17.8. The van der Waals surface area contributed by atoms with Crippen LogP contribution in [0.4, 0.5) is 0 Å². The molecule has 0 spiro atoms. The first kappa shape index (κ1) is 38.2. The van der Waals surface area contributed by atoms with Crippen molar-refractivity contribution >= 4 is 17.7 Å². The molecule has 0 radical (unpaired) electrons. The average Bonchev–Trinajstić information content (AvgIpc) is 2.87. The van der Waals surface area contributed by atoms with Crippen molar-refractivity contribution < 1.29 is 60.9 Å². The van der Waals surface area contributed by atoms with Crippen molar-refractivity contribution in [1.29, 1.82) is 0 Å². The maximum Gasteiger partial charge on any atom is 1.00 e. The Kier molecular flexibility index (Phi) is 24.0. The van der Waals surface area contributed by atoms with Crippen LogP contribution in [0.25, 0.3) is 0 Å². The molecule has 0 aliphatic heterocycles. The second-order valence-electron chi connectivity index (χ2n) is 9.87. The molecular weight excluding hydrogens is 534 g/mol. The zero-order valence-electron chi connectivity index (χ0n) is 24.2. The molecule has 1 aromatic carbocycles. The van der Waals surface area contributed by atoms with Gasteiger partial charge < -0.3 is 18.7 Å². The maximum absolute atomic E-state index is 12.1. The van der Waals surface area contributed by atoms with Gasteiger partial charge in [0.2, 0.25) is 0 Å². The number of unbranched alkanes of at least 4 members (excludes halogenated alkanes) is 15. The van der Waals surface area contributed by atoms with Gasteiger partial charge in [-0.05, 0) is 25.5 Å². The standard InChI is InChI=1S/C28H51O7PS.Na/c1-3-4-5-6-7-8-9-10-11-12-13-14-15-16-17-18-23-33-24-25-34-36(29,30)26-35-37(31,32)28-21-19-27(2)20-22-28;/h19-22H,3-18,23-26H2,1-2H3,(H,29,30);/q;+1/p-1. The fraction of sp³-hybridized carbons (Fsp3) is 0.786. The van der Waals surface area contributed by atoms with Gasteiger partial charge in [0.25, 0.3) is 10.1 Å². The molecule has 0 amide bonds. The van der Waals surface area contributed by atoms with Gasteiger partial charge in [0, 0.05) is 6.61 Å². The number of ether oxygens (including phenoxy) is 1. The van der Waals surface area contributed by atoms with Gasteiger partial charge in [0.05, 0.1) is 18.1 Å². The summed E-state index contributed by atoms with van der Waals surface area (Å²) in [4.78, 5) is 11.8. The van der Waals surface area contributed by atoms with Crippen LogP contribution >= 0.6 is 7.60 Å². The Morgan fingerprint density at radius 3 is 1.63 bits per heavy atom. The smallest absolute Gasteiger partial charge is 0.777 e. The van der Waals surface area contributed by atoms with Crippen molar-refractivity contribution in [2.45, 2.75) is 121 Å². The molecule has 0 saturated heterocycles. The molecule has 10 heteroatoms. The summed E-state index contributed by atoms with van der Waals surface area (Å²) in [6.07, 6.45) is 19.9. The minimum Gasteiger partial charge on any atom is -0.777 e. The molecule has 0 N–H and O–H groups in total. The zero-order chi connectivity index (χ0) is 27.2. The maximum atomic E-state index is 12.1. The third kappa shape index (κ3) is 21.0. The summed E-state index contributed by atoms with van der Waals surface area (Å²) >= 11 is 0. The molecule has 1 unspecified atom stereocenters. The van der Waals surface area contributed by atoms with Crippen LogP contribution in [0, 0.1) is 6.92 Å². The van der Waals surface area contributed by atoms with E-state index in [4.69, 9.17) is 9.26 Å². The van der Waals surface area contributed by atoms with Crippen LogP contribution in [0.1, 0.15) is 115 Å². The van der Waals surface area contributed by atoms with Crippen LogP contribution in [0.15, 0.2) is 29.2 Å². The van der Waals surface area contributed by atoms with E-state index in [1.54, 1.807) is 12.1 Å². The van der Waals surface area contributed by atoms with E-state index in [0.717, 1.165) is 18.4 Å². The number of aryl methyl sites for hydroxylation is 1. The molecule has 1 aromatic rings. The Morgan fingerprint density at radius 1 is 0.711 bits per heavy atom. The van der Waals surface area contributed by atoms with Crippen molar-refractivity contribution in [3.63, 3.8) is 0 Å². The molecule has 1 atom stereocenters. The van der Waals surface area contributed by atoms with Crippen LogP contribution in [-0.2, 0) is 28.1 Å². The summed E-state index contributed by atoms with van der Waals surface area (Å²) in [5.74, 6) is 0. The molecule has 0 saturated carbocycles. The quantitative estimate of drug-likeness (QED) is 0.0721. The van der Waals surface area contributed by atoms with Gasteiger partial charge in [-0.15, -0.1) is 0 Å². The molecule has 0 fully saturated rings. The van der Waals surface area contributed by atoms with Crippen molar-refractivity contribution in [2.24, 2.45) is 0 Å². The van der Waals surface area contributed by atoms with Gasteiger partial charge in [0.15, 0.2) is 7.60 Å². The minimum absolute atomic E-state index is 0. The third-order valence-corrected chi connectivity index (χ3v) is 8.81. The Labute approximate surface area is 254 Å². The Balaban J connectivity index is 0.0000137. The predicted molar refractivity (Wildman–Crippen MR) is 148 cm³/mol. The summed E-state index contributed by atoms with van der Waals surface area (Å²) in [6, 6.07) is 5.96. The molecule has 0 heterocycles. The number of rotatable bonds is 25. The molecule has 216 valence electrons. The first-order valence-corrected chi connectivity index (χ1v) is 17.4. The van der Waals surface area contributed by atoms with Crippen molar-refractivity contribution in [3.05, 3.63) is 29.8 Å². The molecule has 0 aliphatic rings. The fourth-order valence-corrected chi connectivity index (χ4v) is 6.14. The van der Waals surface area contributed by atoms with Crippen molar-refractivity contribution in [1.82, 2.24) is 0 Å². The Hall–Kier alpha value is 0.240. The molecule has 38 heavy (non-hydrogen) atoms. The predicted octanol–water partition coefficient (Wildman–Crippen LogP) is 4.51. The monoisotopic (exact) mass is 584 g/mol. The average molecular weight is 585 g/mol. The number of hydrogen-bond donors (Lipinski definition) is 0. The first-order valence-electron chi connectivity index (χ1n) is 14.3. The van der Waals surface area contributed by atoms with Crippen molar-refractivity contribution in [2.75, 3.05) is 26.2 Å². The largest absolute Gasteiger partial charge is 1.00 e. The van der Waals surface area contributed by atoms with Gasteiger partial charge in [-0.3, -0.25) is 4.18 Å². The normalized spacial score (nSPS) is 13.2. The summed E-state index contributed by atoms with van der Waals surface area (Å²) in [5.41, 5.74) is 0.886. The van der Waals surface area contributed by atoms with Gasteiger partial charge >= 0.3 is 29.6 Å². The zero-order valence-corrected chi connectivity index (χ0v) is 27.9. The summed E-state index contributed by atoms with van der Waals surface area (Å²) in [7, 11) is -8.60. The van der Waals surface area contributed by atoms with E-state index in [1.807, 2.05) is 6.92 Å². The van der Waals surface area contributed by atoms with Gasteiger partial charge in [0.1, 0.15) is 6.35 Å². The second-order valence-corrected chi connectivity index (χ2v) is 13.2. The van der Waals surface area contributed by atoms with Crippen LogP contribution < -0.4 is 34.5 Å². The van der Waals surface area contributed by atoms with Crippen LogP contribution in [-0.4, -0.2) is 34.6 Å². The fourth-order valence-electron chi connectivity index (χ4n) is 4.03. The minimum atomic E-state index is -4.44. The second kappa shape index (κ2) is 23.9. The van der Waals surface area contributed by atoms with E-state index in [2.05, 4.69) is 11.1 Å². The Bertz CT molecular complexity index is 834. The Morgan fingerprint density at radius 2 is 1.16 bits per heavy atom. The van der Waals surface area contributed by atoms with E-state index in [-0.39, 0.29) is 47.7 Å². The van der Waals surface area contributed by atoms with E-state index in [1.165, 1.54) is 102 Å². The molecule has 0 aliphatic carbocycles. The van der Waals surface area contributed by atoms with E-state index in [0.29, 0.717) is 6.61 Å². The van der Waals surface area contributed by atoms with E-state index < -0.39 is 24.1 Å². The molecule has 0 bridgehead atoms. The topological polar surface area (TPSA) is 102 Å². The van der Waals surface area contributed by atoms with Crippen LogP contribution in [0.2, 0.25) is 0 Å². The van der Waals surface area contributed by atoms with Crippen LogP contribution in [0.5, 0.6) is 0 Å². The number of benzene rings is 1. The SMILES string of the molecule is CCCCCCCCCCCCCCCCCCOCCOP(=O)([O-])COS(=O)(=O)c1ccc(C)cc1.[Na+]. The van der Waals surface area contributed by atoms with Crippen molar-refractivity contribution in [3.8, 4) is 0 Å². The molecule has 0 aromatic heterocycles. The summed E-state index contributed by atoms with van der Waals surface area (Å²) < 4.78 is 51.0. The van der Waals surface area contributed by atoms with Gasteiger partial charge in [-0.25, -0.2) is 0 Å². The molecule has 7 nitrogen and oxygen atoms in total. The number of hydrogen-bond acceptors (Lipinski definition) is 7. The van der Waals surface area contributed by atoms with E-state index in [9.17, 15) is 17.9 Å².